The molecular formula is C11H14N4OS. The van der Waals surface area contributed by atoms with Crippen molar-refractivity contribution in [3.63, 3.8) is 0 Å². The standard InChI is InChI=1S/C11H14N4OS/c1-7-12-9-5-4-8(6-10(9)17-7)13-11(16)14-15(2)3/h4-6H,1-3H3,(H2,13,14,16). The van der Waals surface area contributed by atoms with Gasteiger partial charge in [0, 0.05) is 19.8 Å². The molecule has 2 aromatic rings. The van der Waals surface area contributed by atoms with Crippen LogP contribution in [0.4, 0.5) is 10.5 Å². The van der Waals surface area contributed by atoms with Crippen LogP contribution in [0.15, 0.2) is 18.2 Å². The number of thiazole rings is 1. The predicted molar refractivity (Wildman–Crippen MR) is 70.2 cm³/mol. The highest BCUT2D eigenvalue weighted by Crippen LogP contribution is 2.24. The molecule has 0 radical (unpaired) electrons. The van der Waals surface area contributed by atoms with Crippen LogP contribution in [0, 0.1) is 6.92 Å². The second-order valence-electron chi connectivity index (χ2n) is 3.88. The average Bonchev–Trinajstić information content (AvgIpc) is 2.55. The molecule has 1 aromatic heterocycles. The summed E-state index contributed by atoms with van der Waals surface area (Å²) in [5.41, 5.74) is 4.34. The van der Waals surface area contributed by atoms with Crippen molar-refractivity contribution in [1.29, 1.82) is 0 Å². The van der Waals surface area contributed by atoms with Crippen molar-refractivity contribution in [2.75, 3.05) is 19.4 Å². The molecule has 0 saturated heterocycles. The maximum atomic E-state index is 11.5. The van der Waals surface area contributed by atoms with Crippen molar-refractivity contribution < 1.29 is 4.79 Å². The Hall–Kier alpha value is -1.66. The molecule has 2 N–H and O–H groups in total. The van der Waals surface area contributed by atoms with Gasteiger partial charge in [-0.2, -0.15) is 0 Å². The number of carbonyl (C=O) groups excluding carboxylic acids is 1. The first kappa shape index (κ1) is 11.8. The van der Waals surface area contributed by atoms with Gasteiger partial charge in [-0.25, -0.2) is 14.8 Å². The largest absolute Gasteiger partial charge is 0.333 e. The van der Waals surface area contributed by atoms with E-state index in [-0.39, 0.29) is 6.03 Å². The molecule has 0 atom stereocenters. The monoisotopic (exact) mass is 250 g/mol. The van der Waals surface area contributed by atoms with Gasteiger partial charge in [0.2, 0.25) is 0 Å². The van der Waals surface area contributed by atoms with E-state index < -0.39 is 0 Å². The van der Waals surface area contributed by atoms with Gasteiger partial charge >= 0.3 is 6.03 Å². The van der Waals surface area contributed by atoms with Gasteiger partial charge in [-0.3, -0.25) is 5.43 Å². The number of aryl methyl sites for hydroxylation is 1. The fraction of sp³-hybridized carbons (Fsp3) is 0.273. The summed E-state index contributed by atoms with van der Waals surface area (Å²) in [6.07, 6.45) is 0. The van der Waals surface area contributed by atoms with Crippen molar-refractivity contribution in [3.8, 4) is 0 Å². The topological polar surface area (TPSA) is 57.3 Å². The highest BCUT2D eigenvalue weighted by molar-refractivity contribution is 7.18. The van der Waals surface area contributed by atoms with Crippen LogP contribution in [0.3, 0.4) is 0 Å². The van der Waals surface area contributed by atoms with Gasteiger partial charge in [-0.15, -0.1) is 11.3 Å². The third-order valence-electron chi connectivity index (χ3n) is 2.08. The minimum Gasteiger partial charge on any atom is -0.307 e. The number of carbonyl (C=O) groups is 1. The molecule has 5 nitrogen and oxygen atoms in total. The molecule has 0 aliphatic carbocycles. The van der Waals surface area contributed by atoms with Crippen LogP contribution >= 0.6 is 11.3 Å². The second kappa shape index (κ2) is 4.68. The maximum absolute atomic E-state index is 11.5. The van der Waals surface area contributed by atoms with Gasteiger partial charge in [-0.1, -0.05) is 0 Å². The highest BCUT2D eigenvalue weighted by Gasteiger charge is 2.05. The molecule has 0 spiro atoms. The summed E-state index contributed by atoms with van der Waals surface area (Å²) in [4.78, 5) is 15.9. The molecule has 17 heavy (non-hydrogen) atoms. The van der Waals surface area contributed by atoms with E-state index in [1.165, 1.54) is 0 Å². The molecule has 1 heterocycles. The number of benzene rings is 1. The Balaban J connectivity index is 2.16. The number of hydrazine groups is 1. The molecule has 0 saturated carbocycles. The first-order valence-corrected chi connectivity index (χ1v) is 5.98. The number of fused-ring (bicyclic) bond motifs is 1. The third-order valence-corrected chi connectivity index (χ3v) is 3.01. The smallest absolute Gasteiger partial charge is 0.307 e. The molecule has 0 aliphatic heterocycles. The van der Waals surface area contributed by atoms with Crippen LogP contribution < -0.4 is 10.7 Å². The molecule has 6 heteroatoms. The molecule has 0 aliphatic rings. The Labute approximate surface area is 103 Å². The molecule has 0 fully saturated rings. The summed E-state index contributed by atoms with van der Waals surface area (Å²) < 4.78 is 1.07. The zero-order valence-electron chi connectivity index (χ0n) is 9.94. The fourth-order valence-electron chi connectivity index (χ4n) is 1.48. The zero-order chi connectivity index (χ0) is 12.4. The van der Waals surface area contributed by atoms with Crippen molar-refractivity contribution >= 4 is 33.3 Å². The number of rotatable bonds is 2. The zero-order valence-corrected chi connectivity index (χ0v) is 10.8. The first-order chi connectivity index (χ1) is 8.04. The van der Waals surface area contributed by atoms with Crippen LogP contribution in [-0.2, 0) is 0 Å². The average molecular weight is 250 g/mol. The number of anilines is 1. The summed E-state index contributed by atoms with van der Waals surface area (Å²) in [7, 11) is 3.52. The number of nitrogens with one attached hydrogen (secondary N) is 2. The van der Waals surface area contributed by atoms with E-state index in [4.69, 9.17) is 0 Å². The summed E-state index contributed by atoms with van der Waals surface area (Å²) in [6.45, 7) is 1.97. The summed E-state index contributed by atoms with van der Waals surface area (Å²) in [5, 5.41) is 5.37. The van der Waals surface area contributed by atoms with Gasteiger partial charge in [0.25, 0.3) is 0 Å². The van der Waals surface area contributed by atoms with Crippen LogP contribution in [0.1, 0.15) is 5.01 Å². The quantitative estimate of drug-likeness (QED) is 0.803. The molecule has 90 valence electrons. The number of nitrogens with zero attached hydrogens (tertiary/aromatic N) is 2. The van der Waals surface area contributed by atoms with E-state index in [1.54, 1.807) is 30.4 Å². The SMILES string of the molecule is Cc1nc2ccc(NC(=O)NN(C)C)cc2s1. The van der Waals surface area contributed by atoms with E-state index >= 15 is 0 Å². The lowest BCUT2D eigenvalue weighted by Gasteiger charge is -2.12. The van der Waals surface area contributed by atoms with Gasteiger partial charge in [0.15, 0.2) is 0 Å². The lowest BCUT2D eigenvalue weighted by molar-refractivity contribution is 0.224. The van der Waals surface area contributed by atoms with E-state index in [9.17, 15) is 4.79 Å². The Morgan fingerprint density at radius 3 is 2.88 bits per heavy atom. The Morgan fingerprint density at radius 2 is 2.18 bits per heavy atom. The molecule has 2 rings (SSSR count). The second-order valence-corrected chi connectivity index (χ2v) is 5.11. The van der Waals surface area contributed by atoms with Gasteiger partial charge in [0.05, 0.1) is 15.2 Å². The Morgan fingerprint density at radius 1 is 1.41 bits per heavy atom. The maximum Gasteiger partial charge on any atom is 0.333 e. The van der Waals surface area contributed by atoms with Crippen LogP contribution in [0.2, 0.25) is 0 Å². The number of hydrogen-bond acceptors (Lipinski definition) is 4. The number of aromatic nitrogens is 1. The van der Waals surface area contributed by atoms with Crippen molar-refractivity contribution in [3.05, 3.63) is 23.2 Å². The molecule has 2 amide bonds. The number of urea groups is 1. The highest BCUT2D eigenvalue weighted by atomic mass is 32.1. The third kappa shape index (κ3) is 2.92. The summed E-state index contributed by atoms with van der Waals surface area (Å²) in [5.74, 6) is 0. The van der Waals surface area contributed by atoms with Crippen LogP contribution in [-0.4, -0.2) is 30.1 Å². The van der Waals surface area contributed by atoms with E-state index in [0.29, 0.717) is 0 Å². The Kier molecular flexibility index (Phi) is 3.26. The molecule has 1 aromatic carbocycles. The van der Waals surface area contributed by atoms with Gasteiger partial charge in [0.1, 0.15) is 0 Å². The Bertz CT molecular complexity index is 549. The normalized spacial score (nSPS) is 10.8. The fourth-order valence-corrected chi connectivity index (χ4v) is 2.35. The van der Waals surface area contributed by atoms with Crippen molar-refractivity contribution in [2.45, 2.75) is 6.92 Å². The summed E-state index contributed by atoms with van der Waals surface area (Å²) in [6, 6.07) is 5.42. The van der Waals surface area contributed by atoms with E-state index in [1.807, 2.05) is 25.1 Å². The summed E-state index contributed by atoms with van der Waals surface area (Å²) >= 11 is 1.61. The minimum atomic E-state index is -0.254. The first-order valence-electron chi connectivity index (χ1n) is 5.17. The lowest BCUT2D eigenvalue weighted by atomic mass is 10.3. The van der Waals surface area contributed by atoms with E-state index in [2.05, 4.69) is 15.7 Å². The van der Waals surface area contributed by atoms with E-state index in [0.717, 1.165) is 20.9 Å². The van der Waals surface area contributed by atoms with Gasteiger partial charge < -0.3 is 5.32 Å². The minimum absolute atomic E-state index is 0.254. The van der Waals surface area contributed by atoms with Crippen LogP contribution in [0.25, 0.3) is 10.2 Å². The van der Waals surface area contributed by atoms with Crippen molar-refractivity contribution in [2.24, 2.45) is 0 Å². The van der Waals surface area contributed by atoms with Gasteiger partial charge in [-0.05, 0) is 25.1 Å². The van der Waals surface area contributed by atoms with Crippen molar-refractivity contribution in [1.82, 2.24) is 15.4 Å². The predicted octanol–water partition coefficient (Wildman–Crippen LogP) is 2.20. The van der Waals surface area contributed by atoms with Crippen LogP contribution in [0.5, 0.6) is 0 Å². The molecule has 0 unspecified atom stereocenters. The molecule has 0 bridgehead atoms. The molecular weight excluding hydrogens is 236 g/mol. The number of amides is 2. The number of hydrogen-bond donors (Lipinski definition) is 2. The lowest BCUT2D eigenvalue weighted by Crippen LogP contribution is -2.39.